The van der Waals surface area contributed by atoms with Crippen molar-refractivity contribution in [2.24, 2.45) is 3.95 Å². The van der Waals surface area contributed by atoms with Gasteiger partial charge in [-0.05, 0) is 0 Å². The summed E-state index contributed by atoms with van der Waals surface area (Å²) in [5.41, 5.74) is 1.33. The van der Waals surface area contributed by atoms with Crippen molar-refractivity contribution in [1.82, 2.24) is 0 Å². The monoisotopic (exact) mass is 177 g/mol. The maximum absolute atomic E-state index is 4.25. The summed E-state index contributed by atoms with van der Waals surface area (Å²) in [6.45, 7) is 0. The van der Waals surface area contributed by atoms with Crippen molar-refractivity contribution in [2.75, 3.05) is 0 Å². The molecule has 0 unspecified atom stereocenters. The molecule has 0 fully saturated rings. The van der Waals surface area contributed by atoms with E-state index in [0.29, 0.717) is 0 Å². The molecule has 1 aromatic rings. The summed E-state index contributed by atoms with van der Waals surface area (Å²) in [7, 11) is 0. The zero-order valence-electron chi connectivity index (χ0n) is 4.83. The zero-order valence-corrected chi connectivity index (χ0v) is 6.93. The summed E-state index contributed by atoms with van der Waals surface area (Å²) in [6, 6.07) is 8.43. The van der Waals surface area contributed by atoms with Crippen molar-refractivity contribution in [3.63, 3.8) is 0 Å². The number of fused-ring (bicyclic) bond motifs is 1. The van der Waals surface area contributed by atoms with E-state index in [2.05, 4.69) is 28.2 Å². The van der Waals surface area contributed by atoms with Gasteiger partial charge in [0, 0.05) is 0 Å². The molecule has 0 bridgehead atoms. The van der Waals surface area contributed by atoms with Crippen LogP contribution in [-0.4, -0.2) is 21.9 Å². The van der Waals surface area contributed by atoms with Gasteiger partial charge in [0.15, 0.2) is 0 Å². The van der Waals surface area contributed by atoms with Crippen LogP contribution in [0.5, 0.6) is 0 Å². The molecule has 0 amide bonds. The molecule has 1 aliphatic heterocycles. The molecule has 1 nitrogen and oxygen atoms in total. The van der Waals surface area contributed by atoms with Crippen LogP contribution in [0.25, 0.3) is 0 Å². The Bertz CT molecular complexity index is 255. The Morgan fingerprint density at radius 1 is 1.22 bits per heavy atom. The van der Waals surface area contributed by atoms with Crippen LogP contribution in [0.1, 0.15) is 5.56 Å². The molecule has 2 radical (unpaired) electrons. The average molecular weight is 176 g/mol. The first-order valence-corrected chi connectivity index (χ1v) is 4.84. The third-order valence-electron chi connectivity index (χ3n) is 1.35. The molecule has 0 aromatic heterocycles. The second kappa shape index (κ2) is 1.99. The Balaban J connectivity index is 2.63. The van der Waals surface area contributed by atoms with Crippen molar-refractivity contribution >= 4 is 26.3 Å². The van der Waals surface area contributed by atoms with Crippen molar-refractivity contribution in [1.29, 1.82) is 0 Å². The third-order valence-corrected chi connectivity index (χ3v) is 3.35. The minimum absolute atomic E-state index is 0.128. The fraction of sp³-hybridized carbons (Fsp3) is 0. The molecule has 0 saturated carbocycles. The van der Waals surface area contributed by atoms with Crippen LogP contribution in [-0.2, 0) is 0 Å². The van der Waals surface area contributed by atoms with Gasteiger partial charge in [0.1, 0.15) is 0 Å². The van der Waals surface area contributed by atoms with Crippen molar-refractivity contribution in [3.05, 3.63) is 29.8 Å². The van der Waals surface area contributed by atoms with Crippen LogP contribution < -0.4 is 4.40 Å². The summed E-state index contributed by atoms with van der Waals surface area (Å²) in [5.74, 6) is 0. The van der Waals surface area contributed by atoms with Gasteiger partial charge in [-0.15, -0.1) is 0 Å². The summed E-state index contributed by atoms with van der Waals surface area (Å²) < 4.78 is 5.72. The number of nitrogens with zero attached hydrogens (tertiary/aromatic N) is 1. The molecule has 0 saturated heterocycles. The number of hydrogen-bond acceptors (Lipinski definition) is 1. The van der Waals surface area contributed by atoms with E-state index >= 15 is 0 Å². The number of benzene rings is 1. The van der Waals surface area contributed by atoms with Gasteiger partial charge in [-0.1, -0.05) is 0 Å². The van der Waals surface area contributed by atoms with E-state index in [4.69, 9.17) is 0 Å². The van der Waals surface area contributed by atoms with Crippen LogP contribution >= 0.6 is 0 Å². The fourth-order valence-electron chi connectivity index (χ4n) is 0.883. The zero-order chi connectivity index (χ0) is 6.10. The van der Waals surface area contributed by atoms with E-state index in [1.807, 2.05) is 6.21 Å². The molecule has 0 spiro atoms. The SMILES string of the molecule is C1=[N][Ge][c]2ccccc21. The second-order valence-electron chi connectivity index (χ2n) is 1.96. The predicted molar refractivity (Wildman–Crippen MR) is 39.4 cm³/mol. The molecular weight excluding hydrogens is 171 g/mol. The van der Waals surface area contributed by atoms with Gasteiger partial charge < -0.3 is 0 Å². The van der Waals surface area contributed by atoms with Crippen molar-refractivity contribution < 1.29 is 0 Å². The third kappa shape index (κ3) is 0.812. The number of hydrogen-bond donors (Lipinski definition) is 0. The molecule has 0 aliphatic carbocycles. The Hall–Kier alpha value is -0.567. The fourth-order valence-corrected chi connectivity index (χ4v) is 2.54. The number of rotatable bonds is 0. The Morgan fingerprint density at radius 2 is 2.11 bits per heavy atom. The summed E-state index contributed by atoms with van der Waals surface area (Å²) in [6.07, 6.45) is 1.98. The normalized spacial score (nSPS) is 13.8. The maximum atomic E-state index is 4.25. The van der Waals surface area contributed by atoms with Gasteiger partial charge in [0.05, 0.1) is 0 Å². The first-order chi connectivity index (χ1) is 4.47. The van der Waals surface area contributed by atoms with Crippen LogP contribution in [0.15, 0.2) is 28.2 Å². The Labute approximate surface area is 60.5 Å². The van der Waals surface area contributed by atoms with E-state index in [1.54, 1.807) is 0 Å². The van der Waals surface area contributed by atoms with E-state index in [1.165, 1.54) is 9.96 Å². The molecule has 1 aliphatic rings. The van der Waals surface area contributed by atoms with Gasteiger partial charge in [-0.25, -0.2) is 0 Å². The van der Waals surface area contributed by atoms with E-state index in [9.17, 15) is 0 Å². The minimum atomic E-state index is -0.128. The standard InChI is InChI=1S/C7H5GeN/c1-2-4-7-6(3-1)5-9-8-7/h1-5H. The topological polar surface area (TPSA) is 12.4 Å². The van der Waals surface area contributed by atoms with Crippen LogP contribution in [0, 0.1) is 0 Å². The van der Waals surface area contributed by atoms with Crippen LogP contribution in [0.4, 0.5) is 0 Å². The molecule has 2 heteroatoms. The molecule has 0 atom stereocenters. The first kappa shape index (κ1) is 5.24. The molecule has 1 heterocycles. The van der Waals surface area contributed by atoms with Gasteiger partial charge >= 0.3 is 60.0 Å². The summed E-state index contributed by atoms with van der Waals surface area (Å²) in [5, 5.41) is 0. The van der Waals surface area contributed by atoms with Crippen molar-refractivity contribution in [3.8, 4) is 0 Å². The molecule has 2 rings (SSSR count). The molecule has 42 valence electrons. The second-order valence-corrected chi connectivity index (χ2v) is 4.10. The summed E-state index contributed by atoms with van der Waals surface area (Å²) >= 11 is -0.128. The summed E-state index contributed by atoms with van der Waals surface area (Å²) in [4.78, 5) is 0. The predicted octanol–water partition coefficient (Wildman–Crippen LogP) is 0.364. The molecule has 9 heavy (non-hydrogen) atoms. The Kier molecular flexibility index (Phi) is 1.16. The van der Waals surface area contributed by atoms with Gasteiger partial charge in [-0.2, -0.15) is 0 Å². The van der Waals surface area contributed by atoms with Crippen LogP contribution in [0.3, 0.4) is 0 Å². The van der Waals surface area contributed by atoms with Gasteiger partial charge in [-0.3, -0.25) is 0 Å². The quantitative estimate of drug-likeness (QED) is 0.506. The van der Waals surface area contributed by atoms with Crippen molar-refractivity contribution in [2.45, 2.75) is 0 Å². The van der Waals surface area contributed by atoms with E-state index < -0.39 is 0 Å². The molecular formula is C7H5GeN. The Morgan fingerprint density at radius 3 is 3.00 bits per heavy atom. The first-order valence-electron chi connectivity index (χ1n) is 2.85. The van der Waals surface area contributed by atoms with E-state index in [0.717, 1.165) is 0 Å². The van der Waals surface area contributed by atoms with Crippen LogP contribution in [0.2, 0.25) is 0 Å². The molecule has 1 aromatic carbocycles. The van der Waals surface area contributed by atoms with Gasteiger partial charge in [0.2, 0.25) is 0 Å². The average Bonchev–Trinajstić information content (AvgIpc) is 2.33. The van der Waals surface area contributed by atoms with Gasteiger partial charge in [0.25, 0.3) is 0 Å². The molecule has 0 N–H and O–H groups in total. The van der Waals surface area contributed by atoms with E-state index in [-0.39, 0.29) is 15.7 Å².